The average Bonchev–Trinajstić information content (AvgIpc) is 2.72. The van der Waals surface area contributed by atoms with Crippen molar-refractivity contribution in [3.63, 3.8) is 0 Å². The van der Waals surface area contributed by atoms with E-state index < -0.39 is 0 Å². The van der Waals surface area contributed by atoms with E-state index in [1.807, 2.05) is 25.4 Å². The second-order valence-electron chi connectivity index (χ2n) is 4.15. The Morgan fingerprint density at radius 2 is 1.76 bits per heavy atom. The summed E-state index contributed by atoms with van der Waals surface area (Å²) in [6.45, 7) is 3.51. The number of benzene rings is 1. The zero-order valence-corrected chi connectivity index (χ0v) is 10.2. The monoisotopic (exact) mass is 230 g/mol. The van der Waals surface area contributed by atoms with Crippen LogP contribution in [0.4, 0.5) is 0 Å². The third kappa shape index (κ3) is 2.87. The van der Waals surface area contributed by atoms with Crippen molar-refractivity contribution >= 4 is 0 Å². The Hall–Kier alpha value is -1.77. The summed E-state index contributed by atoms with van der Waals surface area (Å²) in [7, 11) is 0. The van der Waals surface area contributed by atoms with Crippen molar-refractivity contribution in [2.24, 2.45) is 0 Å². The van der Waals surface area contributed by atoms with Crippen LogP contribution in [-0.2, 0) is 19.5 Å². The minimum absolute atomic E-state index is 0.0977. The van der Waals surface area contributed by atoms with Gasteiger partial charge in [0.2, 0.25) is 0 Å². The molecule has 3 nitrogen and oxygen atoms in total. The van der Waals surface area contributed by atoms with E-state index in [1.54, 1.807) is 9.13 Å². The van der Waals surface area contributed by atoms with Crippen molar-refractivity contribution in [3.8, 4) is 0 Å². The number of rotatable bonds is 5. The predicted octanol–water partition coefficient (Wildman–Crippen LogP) is 2.30. The molecule has 0 N–H and O–H groups in total. The first-order valence-electron chi connectivity index (χ1n) is 6.10. The third-order valence-electron chi connectivity index (χ3n) is 2.97. The number of hydrogen-bond acceptors (Lipinski definition) is 1. The molecule has 17 heavy (non-hydrogen) atoms. The molecule has 0 aliphatic carbocycles. The molecule has 0 aliphatic heterocycles. The van der Waals surface area contributed by atoms with Gasteiger partial charge in [0.1, 0.15) is 0 Å². The summed E-state index contributed by atoms with van der Waals surface area (Å²) < 4.78 is 3.51. The van der Waals surface area contributed by atoms with Gasteiger partial charge in [-0.3, -0.25) is 9.13 Å². The molecule has 0 spiro atoms. The van der Waals surface area contributed by atoms with Crippen LogP contribution in [0.1, 0.15) is 18.9 Å². The first-order valence-corrected chi connectivity index (χ1v) is 6.10. The number of imidazole rings is 1. The predicted molar refractivity (Wildman–Crippen MR) is 69.1 cm³/mol. The van der Waals surface area contributed by atoms with Gasteiger partial charge >= 0.3 is 5.69 Å². The van der Waals surface area contributed by atoms with Gasteiger partial charge in [-0.15, -0.1) is 0 Å². The van der Waals surface area contributed by atoms with Gasteiger partial charge in [-0.25, -0.2) is 4.79 Å². The lowest BCUT2D eigenvalue weighted by Crippen LogP contribution is -2.23. The lowest BCUT2D eigenvalue weighted by molar-refractivity contribution is 0.596. The summed E-state index contributed by atoms with van der Waals surface area (Å²) in [6.07, 6.45) is 5.74. The van der Waals surface area contributed by atoms with Crippen LogP contribution in [-0.4, -0.2) is 9.13 Å². The Morgan fingerprint density at radius 1 is 1.06 bits per heavy atom. The molecule has 90 valence electrons. The van der Waals surface area contributed by atoms with Gasteiger partial charge < -0.3 is 0 Å². The van der Waals surface area contributed by atoms with Gasteiger partial charge in [-0.05, 0) is 25.3 Å². The molecule has 0 bridgehead atoms. The molecule has 0 saturated carbocycles. The Morgan fingerprint density at radius 3 is 2.41 bits per heavy atom. The molecule has 0 atom stereocenters. The molecule has 0 aliphatic rings. The second-order valence-corrected chi connectivity index (χ2v) is 4.15. The minimum Gasteiger partial charge on any atom is -0.300 e. The number of nitrogens with zero attached hydrogens (tertiary/aromatic N) is 2. The molecule has 1 heterocycles. The topological polar surface area (TPSA) is 26.9 Å². The van der Waals surface area contributed by atoms with Crippen molar-refractivity contribution < 1.29 is 0 Å². The Bertz CT molecular complexity index is 511. The van der Waals surface area contributed by atoms with Gasteiger partial charge in [0.15, 0.2) is 0 Å². The summed E-state index contributed by atoms with van der Waals surface area (Å²) >= 11 is 0. The minimum atomic E-state index is 0.0977. The average molecular weight is 230 g/mol. The summed E-state index contributed by atoms with van der Waals surface area (Å²) in [6, 6.07) is 10.4. The quantitative estimate of drug-likeness (QED) is 0.774. The maximum Gasteiger partial charge on any atom is 0.328 e. The Kier molecular flexibility index (Phi) is 3.81. The summed E-state index contributed by atoms with van der Waals surface area (Å²) in [5.41, 5.74) is 1.43. The Labute approximate surface area is 101 Å². The van der Waals surface area contributed by atoms with E-state index in [-0.39, 0.29) is 5.69 Å². The molecule has 3 heteroatoms. The van der Waals surface area contributed by atoms with Crippen molar-refractivity contribution in [1.29, 1.82) is 0 Å². The maximum absolute atomic E-state index is 11.8. The van der Waals surface area contributed by atoms with Crippen LogP contribution >= 0.6 is 0 Å². The van der Waals surface area contributed by atoms with E-state index in [0.717, 1.165) is 25.9 Å². The molecular weight excluding hydrogens is 212 g/mol. The van der Waals surface area contributed by atoms with Gasteiger partial charge in [0.25, 0.3) is 0 Å². The largest absolute Gasteiger partial charge is 0.328 e. The van der Waals surface area contributed by atoms with Crippen molar-refractivity contribution in [2.45, 2.75) is 32.9 Å². The smallest absolute Gasteiger partial charge is 0.300 e. The Balaban J connectivity index is 1.90. The van der Waals surface area contributed by atoms with E-state index in [4.69, 9.17) is 0 Å². The second kappa shape index (κ2) is 5.53. The first-order chi connectivity index (χ1) is 8.31. The van der Waals surface area contributed by atoms with Crippen LogP contribution in [0.15, 0.2) is 47.5 Å². The van der Waals surface area contributed by atoms with Crippen LogP contribution in [0.3, 0.4) is 0 Å². The molecule has 0 radical (unpaired) electrons. The molecule has 2 aromatic rings. The van der Waals surface area contributed by atoms with E-state index in [1.165, 1.54) is 5.56 Å². The fourth-order valence-electron chi connectivity index (χ4n) is 1.96. The molecule has 1 aromatic heterocycles. The zero-order valence-electron chi connectivity index (χ0n) is 10.2. The third-order valence-corrected chi connectivity index (χ3v) is 2.97. The van der Waals surface area contributed by atoms with Crippen LogP contribution in [0.5, 0.6) is 0 Å². The fourth-order valence-corrected chi connectivity index (χ4v) is 1.96. The van der Waals surface area contributed by atoms with Crippen molar-refractivity contribution in [1.82, 2.24) is 9.13 Å². The summed E-state index contributed by atoms with van der Waals surface area (Å²) in [5.74, 6) is 0. The van der Waals surface area contributed by atoms with E-state index in [2.05, 4.69) is 24.3 Å². The van der Waals surface area contributed by atoms with Crippen LogP contribution in [0, 0.1) is 0 Å². The van der Waals surface area contributed by atoms with Crippen molar-refractivity contribution in [2.75, 3.05) is 0 Å². The van der Waals surface area contributed by atoms with Crippen LogP contribution in [0.2, 0.25) is 0 Å². The lowest BCUT2D eigenvalue weighted by Gasteiger charge is -2.02. The van der Waals surface area contributed by atoms with Gasteiger partial charge in [-0.2, -0.15) is 0 Å². The first kappa shape index (κ1) is 11.7. The maximum atomic E-state index is 11.8. The van der Waals surface area contributed by atoms with Gasteiger partial charge in [0, 0.05) is 25.5 Å². The number of aromatic nitrogens is 2. The molecule has 0 fully saturated rings. The molecule has 0 unspecified atom stereocenters. The molecule has 0 saturated heterocycles. The molecular formula is C14H18N2O. The molecule has 1 aromatic carbocycles. The van der Waals surface area contributed by atoms with Crippen LogP contribution < -0.4 is 5.69 Å². The highest BCUT2D eigenvalue weighted by atomic mass is 16.1. The van der Waals surface area contributed by atoms with Gasteiger partial charge in [-0.1, -0.05) is 30.3 Å². The van der Waals surface area contributed by atoms with Crippen molar-refractivity contribution in [3.05, 3.63) is 58.8 Å². The summed E-state index contributed by atoms with van der Waals surface area (Å²) in [4.78, 5) is 11.8. The molecule has 2 rings (SSSR count). The zero-order chi connectivity index (χ0) is 12.1. The highest BCUT2D eigenvalue weighted by molar-refractivity contribution is 5.14. The van der Waals surface area contributed by atoms with E-state index in [9.17, 15) is 4.79 Å². The normalized spacial score (nSPS) is 10.6. The van der Waals surface area contributed by atoms with Gasteiger partial charge in [0.05, 0.1) is 0 Å². The van der Waals surface area contributed by atoms with E-state index >= 15 is 0 Å². The standard InChI is InChI=1S/C14H18N2O/c1-2-15-11-12-16(14(15)17)10-6-9-13-7-4-3-5-8-13/h3-5,7-8,11-12H,2,6,9-10H2,1H3. The summed E-state index contributed by atoms with van der Waals surface area (Å²) in [5, 5.41) is 0. The SMILES string of the molecule is CCn1ccn(CCCc2ccccc2)c1=O. The van der Waals surface area contributed by atoms with E-state index in [0.29, 0.717) is 0 Å². The number of hydrogen-bond donors (Lipinski definition) is 0. The highest BCUT2D eigenvalue weighted by Gasteiger charge is 2.00. The fraction of sp³-hybridized carbons (Fsp3) is 0.357. The van der Waals surface area contributed by atoms with Crippen LogP contribution in [0.25, 0.3) is 0 Å². The molecule has 0 amide bonds. The number of aryl methyl sites for hydroxylation is 3. The lowest BCUT2D eigenvalue weighted by atomic mass is 10.1. The highest BCUT2D eigenvalue weighted by Crippen LogP contribution is 2.03.